The maximum atomic E-state index is 14.6. The van der Waals surface area contributed by atoms with Crippen LogP contribution < -0.4 is 24.6 Å². The van der Waals surface area contributed by atoms with Gasteiger partial charge in [-0.25, -0.2) is 13.1 Å². The van der Waals surface area contributed by atoms with E-state index in [1.807, 2.05) is 36.1 Å². The summed E-state index contributed by atoms with van der Waals surface area (Å²) in [6.45, 7) is 9.69. The quantitative estimate of drug-likeness (QED) is 0.0743. The van der Waals surface area contributed by atoms with E-state index in [1.54, 1.807) is 12.3 Å². The molecule has 5 aromatic rings. The number of hydrogen-bond acceptors (Lipinski definition) is 14. The number of hydrogen-bond donors (Lipinski definition) is 4. The third kappa shape index (κ3) is 9.08. The van der Waals surface area contributed by atoms with Gasteiger partial charge in [-0.1, -0.05) is 24.3 Å². The second-order valence-corrected chi connectivity index (χ2v) is 22.6. The fourth-order valence-electron chi connectivity index (χ4n) is 12.0. The number of piperidine rings is 1. The summed E-state index contributed by atoms with van der Waals surface area (Å²) in [6, 6.07) is 22.5. The van der Waals surface area contributed by atoms with Gasteiger partial charge in [-0.2, -0.15) is 4.98 Å². The minimum absolute atomic E-state index is 0.0882. The average molecular weight is 975 g/mol. The summed E-state index contributed by atoms with van der Waals surface area (Å²) in [5, 5.41) is 26.7. The number of carbonyl (C=O) groups is 1. The number of nitro groups is 1. The topological polar surface area (TPSA) is 205 Å². The number of morpholine rings is 1. The normalized spacial score (nSPS) is 25.9. The molecule has 18 heteroatoms. The predicted octanol–water partition coefficient (Wildman–Crippen LogP) is 7.62. The van der Waals surface area contributed by atoms with Crippen molar-refractivity contribution in [1.29, 1.82) is 0 Å². The molecule has 2 aliphatic carbocycles. The maximum Gasteiger partial charge on any atom is 0.293 e. The first kappa shape index (κ1) is 46.6. The number of aliphatic hydroxyl groups is 1. The molecule has 0 bridgehead atoms. The number of carbonyl (C=O) groups excluding carboxylic acids is 1. The summed E-state index contributed by atoms with van der Waals surface area (Å²) in [7, 11) is -4.61. The Balaban J connectivity index is 0.863. The maximum absolute atomic E-state index is 14.6. The molecule has 2 aromatic heterocycles. The summed E-state index contributed by atoms with van der Waals surface area (Å²) in [5.41, 5.74) is 4.71. The van der Waals surface area contributed by atoms with Crippen molar-refractivity contribution in [3.05, 3.63) is 106 Å². The molecular weight excluding hydrogens is 913 g/mol. The molecule has 6 heterocycles. The SMILES string of the molecule is Cc1ccccc1[C@@H]1COCCN1C1CC2(CCN(c3ccc(C(=O)NS(=O)(=O)c4ccc(NC[C@H]5CC[C@](C)(O)CC5)c([N+](=O)[O-])c4)c(N4C[C@@H]5COC[C@H]5Oc5nc6[nH]ccc6cc54)c3)CC2)C1. The Kier molecular flexibility index (Phi) is 12.3. The van der Waals surface area contributed by atoms with Gasteiger partial charge in [0.15, 0.2) is 0 Å². The number of aromatic amines is 1. The Morgan fingerprint density at radius 1 is 0.957 bits per heavy atom. The van der Waals surface area contributed by atoms with Gasteiger partial charge >= 0.3 is 0 Å². The summed E-state index contributed by atoms with van der Waals surface area (Å²) in [5.74, 6) is -0.400. The van der Waals surface area contributed by atoms with Gasteiger partial charge < -0.3 is 39.4 Å². The summed E-state index contributed by atoms with van der Waals surface area (Å²) < 4.78 is 49.0. The summed E-state index contributed by atoms with van der Waals surface area (Å²) in [6.07, 6.45) is 8.66. The number of anilines is 4. The molecule has 17 nitrogen and oxygen atoms in total. The number of amides is 1. The van der Waals surface area contributed by atoms with Crippen molar-refractivity contribution >= 4 is 55.4 Å². The van der Waals surface area contributed by atoms with Gasteiger partial charge in [0.05, 0.1) is 59.1 Å². The summed E-state index contributed by atoms with van der Waals surface area (Å²) >= 11 is 0. The van der Waals surface area contributed by atoms with Crippen molar-refractivity contribution in [3.8, 4) is 5.88 Å². The summed E-state index contributed by atoms with van der Waals surface area (Å²) in [4.78, 5) is 41.0. The molecule has 370 valence electrons. The Hall–Kier alpha value is -5.79. The van der Waals surface area contributed by atoms with Crippen molar-refractivity contribution in [3.63, 3.8) is 0 Å². The molecule has 3 saturated heterocycles. The van der Waals surface area contributed by atoms with Crippen LogP contribution in [0.5, 0.6) is 5.88 Å². The van der Waals surface area contributed by atoms with E-state index in [2.05, 4.69) is 56.0 Å². The van der Waals surface area contributed by atoms with E-state index >= 15 is 0 Å². The van der Waals surface area contributed by atoms with Gasteiger partial charge in [-0.15, -0.1) is 0 Å². The number of nitrogens with zero attached hydrogens (tertiary/aromatic N) is 5. The van der Waals surface area contributed by atoms with Crippen LogP contribution in [0.15, 0.2) is 83.9 Å². The zero-order valence-electron chi connectivity index (χ0n) is 39.8. The fourth-order valence-corrected chi connectivity index (χ4v) is 13.0. The Labute approximate surface area is 408 Å². The lowest BCUT2D eigenvalue weighted by Crippen LogP contribution is -2.57. The van der Waals surface area contributed by atoms with Crippen LogP contribution in [-0.4, -0.2) is 116 Å². The van der Waals surface area contributed by atoms with Crippen LogP contribution in [0.3, 0.4) is 0 Å². The number of benzene rings is 3. The predicted molar refractivity (Wildman–Crippen MR) is 265 cm³/mol. The molecule has 70 heavy (non-hydrogen) atoms. The van der Waals surface area contributed by atoms with Gasteiger partial charge in [-0.3, -0.25) is 19.8 Å². The second-order valence-electron chi connectivity index (χ2n) is 20.9. The van der Waals surface area contributed by atoms with E-state index in [9.17, 15) is 28.4 Å². The first-order valence-electron chi connectivity index (χ1n) is 24.8. The first-order valence-corrected chi connectivity index (χ1v) is 26.3. The number of aromatic nitrogens is 2. The molecule has 3 aromatic carbocycles. The van der Waals surface area contributed by atoms with Crippen molar-refractivity contribution in [2.45, 2.75) is 93.9 Å². The zero-order valence-corrected chi connectivity index (χ0v) is 40.6. The highest BCUT2D eigenvalue weighted by Crippen LogP contribution is 2.53. The third-order valence-corrected chi connectivity index (χ3v) is 17.6. The lowest BCUT2D eigenvalue weighted by Gasteiger charge is -2.57. The molecule has 6 aliphatic rings. The van der Waals surface area contributed by atoms with E-state index in [4.69, 9.17) is 19.2 Å². The highest BCUT2D eigenvalue weighted by Gasteiger charge is 2.50. The standard InChI is InChI=1S/C52H62N8O9S/c1-33-5-3-4-6-40(33)46-31-67-22-21-58(46)38-26-52(27-38)16-19-57(20-17-52)37-7-9-41(43(24-37)59-29-36-30-68-32-47(36)69-50-45(59)23-35-13-18-53-48(35)55-50)49(61)56-70(65,66)39-8-10-42(44(25-39)60(63)64)54-28-34-11-14-51(2,62)15-12-34/h3-10,13,18,23-25,34,36,38,46-47,54,62H,11-12,14-17,19-22,26-32H2,1-2H3,(H,53,55)(H,56,61)/t34-,36-,46+,47-,51-/m1/s1. The molecule has 2 saturated carbocycles. The number of pyridine rings is 1. The van der Waals surface area contributed by atoms with E-state index < -0.39 is 37.0 Å². The van der Waals surface area contributed by atoms with Crippen LogP contribution in [0.25, 0.3) is 11.0 Å². The molecule has 0 unspecified atom stereocenters. The van der Waals surface area contributed by atoms with Crippen LogP contribution in [0, 0.1) is 34.3 Å². The number of ether oxygens (including phenoxy) is 3. The van der Waals surface area contributed by atoms with Crippen molar-refractivity contribution in [2.24, 2.45) is 17.3 Å². The molecule has 5 fully saturated rings. The average Bonchev–Trinajstić information content (AvgIpc) is 3.97. The molecule has 1 amide bonds. The molecule has 11 rings (SSSR count). The molecular formula is C52H62N8O9S. The van der Waals surface area contributed by atoms with Crippen LogP contribution in [0.2, 0.25) is 0 Å². The van der Waals surface area contributed by atoms with Gasteiger partial charge in [0.1, 0.15) is 23.1 Å². The zero-order chi connectivity index (χ0) is 48.4. The Morgan fingerprint density at radius 3 is 2.54 bits per heavy atom. The molecule has 1 spiro atoms. The minimum atomic E-state index is -4.61. The fraction of sp³-hybridized carbons (Fsp3) is 0.500. The Morgan fingerprint density at radius 2 is 1.76 bits per heavy atom. The lowest BCUT2D eigenvalue weighted by molar-refractivity contribution is -0.384. The lowest BCUT2D eigenvalue weighted by atomic mass is 9.59. The number of H-pyrrole nitrogens is 1. The van der Waals surface area contributed by atoms with Gasteiger partial charge in [0.25, 0.3) is 21.6 Å². The largest absolute Gasteiger partial charge is 0.470 e. The number of nitrogens with one attached hydrogen (secondary N) is 3. The Bertz CT molecular complexity index is 2900. The highest BCUT2D eigenvalue weighted by atomic mass is 32.2. The molecule has 0 radical (unpaired) electrons. The van der Waals surface area contributed by atoms with Crippen LogP contribution in [0.1, 0.15) is 85.8 Å². The van der Waals surface area contributed by atoms with E-state index in [0.29, 0.717) is 74.7 Å². The highest BCUT2D eigenvalue weighted by molar-refractivity contribution is 7.90. The number of sulfonamides is 1. The smallest absolute Gasteiger partial charge is 0.293 e. The number of rotatable bonds is 11. The second kappa shape index (κ2) is 18.4. The molecule has 4 N–H and O–H groups in total. The van der Waals surface area contributed by atoms with Crippen LogP contribution in [0.4, 0.5) is 28.4 Å². The van der Waals surface area contributed by atoms with Crippen molar-refractivity contribution < 1.29 is 37.5 Å². The van der Waals surface area contributed by atoms with Gasteiger partial charge in [0, 0.05) is 68.0 Å². The van der Waals surface area contributed by atoms with E-state index in [1.165, 1.54) is 23.3 Å². The number of aryl methyl sites for hydroxylation is 1. The number of fused-ring (bicyclic) bond motifs is 3. The molecule has 3 atom stereocenters. The monoisotopic (exact) mass is 974 g/mol. The number of nitro benzene ring substituents is 1. The van der Waals surface area contributed by atoms with Crippen molar-refractivity contribution in [2.75, 3.05) is 74.3 Å². The van der Waals surface area contributed by atoms with Gasteiger partial charge in [-0.05, 0) is 130 Å². The first-order chi connectivity index (χ1) is 33.7. The molecule has 4 aliphatic heterocycles. The van der Waals surface area contributed by atoms with Crippen LogP contribution >= 0.6 is 0 Å². The minimum Gasteiger partial charge on any atom is -0.470 e. The third-order valence-electron chi connectivity index (χ3n) is 16.3. The van der Waals surface area contributed by atoms with Gasteiger partial charge in [0.2, 0.25) is 5.88 Å². The van der Waals surface area contributed by atoms with E-state index in [0.717, 1.165) is 81.9 Å². The van der Waals surface area contributed by atoms with Crippen LogP contribution in [-0.2, 0) is 19.5 Å². The van der Waals surface area contributed by atoms with E-state index in [-0.39, 0.29) is 40.6 Å². The van der Waals surface area contributed by atoms with Crippen molar-refractivity contribution in [1.82, 2.24) is 19.6 Å².